The van der Waals surface area contributed by atoms with Gasteiger partial charge in [0.1, 0.15) is 12.0 Å². The van der Waals surface area contributed by atoms with Crippen molar-refractivity contribution in [2.24, 2.45) is 5.92 Å². The Hall–Kier alpha value is -2.36. The summed E-state index contributed by atoms with van der Waals surface area (Å²) in [7, 11) is 3.25. The standard InChI is InChI=1S/C19H23F3N2O3.C2H6O/c1-12-3-8-16(17(9-12)27-19(20,21)22)15-6-4-14(5-7-15)10-24-18(26)11-23-13(2)25;1-3-2/h4-9,12-13,23,25H,3,10-11H2,1-2H3,(H,24,26);1-2H3. The molecule has 2 rings (SSSR count). The Bertz CT molecular complexity index is 729. The second-order valence-electron chi connectivity index (χ2n) is 6.85. The molecule has 1 aromatic rings. The van der Waals surface area contributed by atoms with Gasteiger partial charge < -0.3 is 19.9 Å². The van der Waals surface area contributed by atoms with E-state index in [9.17, 15) is 18.0 Å². The maximum Gasteiger partial charge on any atom is 0.573 e. The van der Waals surface area contributed by atoms with Crippen LogP contribution in [0.2, 0.25) is 0 Å². The Labute approximate surface area is 174 Å². The third kappa shape index (κ3) is 9.91. The van der Waals surface area contributed by atoms with E-state index in [1.54, 1.807) is 44.6 Å². The van der Waals surface area contributed by atoms with Gasteiger partial charge in [0.2, 0.25) is 5.91 Å². The van der Waals surface area contributed by atoms with E-state index in [4.69, 9.17) is 5.11 Å². The summed E-state index contributed by atoms with van der Waals surface area (Å²) in [6, 6.07) is 6.87. The molecule has 2 atom stereocenters. The number of benzene rings is 1. The lowest BCUT2D eigenvalue weighted by molar-refractivity contribution is -0.302. The first-order valence-corrected chi connectivity index (χ1v) is 9.41. The van der Waals surface area contributed by atoms with Crippen LogP contribution < -0.4 is 10.6 Å². The van der Waals surface area contributed by atoms with Gasteiger partial charge >= 0.3 is 6.36 Å². The summed E-state index contributed by atoms with van der Waals surface area (Å²) in [5, 5.41) is 14.3. The molecule has 0 spiro atoms. The Kier molecular flexibility index (Phi) is 10.6. The summed E-state index contributed by atoms with van der Waals surface area (Å²) < 4.78 is 46.4. The first-order chi connectivity index (χ1) is 14.1. The zero-order valence-corrected chi connectivity index (χ0v) is 17.5. The molecule has 3 N–H and O–H groups in total. The van der Waals surface area contributed by atoms with Gasteiger partial charge in [-0.3, -0.25) is 10.1 Å². The number of aliphatic hydroxyl groups is 1. The number of hydrogen-bond acceptors (Lipinski definition) is 5. The van der Waals surface area contributed by atoms with Gasteiger partial charge in [-0.05, 0) is 36.5 Å². The number of halogens is 3. The highest BCUT2D eigenvalue weighted by Gasteiger charge is 2.34. The Morgan fingerprint density at radius 1 is 1.27 bits per heavy atom. The second-order valence-corrected chi connectivity index (χ2v) is 6.85. The van der Waals surface area contributed by atoms with Crippen LogP contribution in [0.15, 0.2) is 42.2 Å². The number of ether oxygens (including phenoxy) is 2. The monoisotopic (exact) mass is 430 g/mol. The minimum Gasteiger partial charge on any atom is -0.405 e. The zero-order chi connectivity index (χ0) is 22.7. The molecule has 1 amide bonds. The van der Waals surface area contributed by atoms with E-state index < -0.39 is 12.6 Å². The quantitative estimate of drug-likeness (QED) is 0.579. The van der Waals surface area contributed by atoms with Crippen LogP contribution in [0, 0.1) is 5.92 Å². The van der Waals surface area contributed by atoms with Crippen molar-refractivity contribution in [3.05, 3.63) is 53.3 Å². The molecule has 1 aromatic carbocycles. The molecule has 0 heterocycles. The molecule has 1 aliphatic rings. The van der Waals surface area contributed by atoms with Crippen LogP contribution in [0.1, 0.15) is 31.4 Å². The number of allylic oxidation sites excluding steroid dienone is 3. The average molecular weight is 430 g/mol. The highest BCUT2D eigenvalue weighted by Crippen LogP contribution is 2.35. The molecule has 0 saturated heterocycles. The minimum absolute atomic E-state index is 0.0102. The largest absolute Gasteiger partial charge is 0.573 e. The molecule has 0 bridgehead atoms. The van der Waals surface area contributed by atoms with E-state index in [1.165, 1.54) is 13.0 Å². The number of alkyl halides is 3. The van der Waals surface area contributed by atoms with Crippen molar-refractivity contribution in [1.82, 2.24) is 10.6 Å². The number of hydrogen-bond donors (Lipinski definition) is 3. The van der Waals surface area contributed by atoms with Gasteiger partial charge in [-0.15, -0.1) is 13.2 Å². The van der Waals surface area contributed by atoms with Gasteiger partial charge in [0, 0.05) is 26.3 Å². The number of nitrogens with one attached hydrogen (secondary N) is 2. The van der Waals surface area contributed by atoms with E-state index in [1.807, 2.05) is 6.92 Å². The van der Waals surface area contributed by atoms with Gasteiger partial charge in [0.05, 0.1) is 6.54 Å². The summed E-state index contributed by atoms with van der Waals surface area (Å²) in [5.41, 5.74) is 1.82. The van der Waals surface area contributed by atoms with Crippen molar-refractivity contribution in [3.63, 3.8) is 0 Å². The predicted octanol–water partition coefficient (Wildman–Crippen LogP) is 3.34. The van der Waals surface area contributed by atoms with Crippen molar-refractivity contribution in [1.29, 1.82) is 0 Å². The maximum atomic E-state index is 12.7. The number of rotatable bonds is 7. The molecule has 6 nitrogen and oxygen atoms in total. The smallest absolute Gasteiger partial charge is 0.405 e. The van der Waals surface area contributed by atoms with Crippen LogP contribution in [0.5, 0.6) is 0 Å². The molecule has 0 aromatic heterocycles. The number of aliphatic hydroxyl groups excluding tert-OH is 1. The molecule has 0 aliphatic heterocycles. The van der Waals surface area contributed by atoms with Crippen molar-refractivity contribution in [2.45, 2.75) is 39.4 Å². The van der Waals surface area contributed by atoms with Crippen LogP contribution in [-0.2, 0) is 20.8 Å². The number of carbonyl (C=O) groups excluding carboxylic acids is 1. The lowest BCUT2D eigenvalue weighted by Gasteiger charge is -2.21. The fourth-order valence-corrected chi connectivity index (χ4v) is 2.60. The SMILES string of the molecule is CC1C=C(OC(F)(F)F)C(c2ccc(CNC(=O)CNC(C)O)cc2)=CC1.COC. The van der Waals surface area contributed by atoms with Crippen molar-refractivity contribution in [3.8, 4) is 0 Å². The Morgan fingerprint density at radius 3 is 2.40 bits per heavy atom. The minimum atomic E-state index is -4.74. The highest BCUT2D eigenvalue weighted by atomic mass is 19.4. The zero-order valence-electron chi connectivity index (χ0n) is 17.5. The average Bonchev–Trinajstić information content (AvgIpc) is 2.65. The van der Waals surface area contributed by atoms with Gasteiger partial charge in [-0.25, -0.2) is 0 Å². The highest BCUT2D eigenvalue weighted by molar-refractivity contribution is 5.79. The van der Waals surface area contributed by atoms with Gasteiger partial charge in [0.25, 0.3) is 0 Å². The summed E-state index contributed by atoms with van der Waals surface area (Å²) >= 11 is 0. The van der Waals surface area contributed by atoms with Gasteiger partial charge in [-0.1, -0.05) is 37.3 Å². The summed E-state index contributed by atoms with van der Waals surface area (Å²) in [5.74, 6) is -0.491. The molecular weight excluding hydrogens is 401 g/mol. The van der Waals surface area contributed by atoms with E-state index in [2.05, 4.69) is 20.1 Å². The van der Waals surface area contributed by atoms with E-state index in [0.29, 0.717) is 17.6 Å². The van der Waals surface area contributed by atoms with Crippen LogP contribution >= 0.6 is 0 Å². The summed E-state index contributed by atoms with van der Waals surface area (Å²) in [6.07, 6.45) is -1.67. The van der Waals surface area contributed by atoms with E-state index in [-0.39, 0.29) is 30.7 Å². The van der Waals surface area contributed by atoms with Crippen LogP contribution in [0.25, 0.3) is 5.57 Å². The van der Waals surface area contributed by atoms with Gasteiger partial charge in [-0.2, -0.15) is 0 Å². The summed E-state index contributed by atoms with van der Waals surface area (Å²) in [6.45, 7) is 3.60. The normalized spacial score (nSPS) is 17.1. The first kappa shape index (κ1) is 25.7. The molecule has 1 aliphatic carbocycles. The maximum absolute atomic E-state index is 12.7. The predicted molar refractivity (Wildman–Crippen MR) is 108 cm³/mol. The molecule has 0 fully saturated rings. The van der Waals surface area contributed by atoms with Crippen molar-refractivity contribution >= 4 is 11.5 Å². The lowest BCUT2D eigenvalue weighted by Crippen LogP contribution is -2.37. The van der Waals surface area contributed by atoms with E-state index in [0.717, 1.165) is 5.56 Å². The lowest BCUT2D eigenvalue weighted by atomic mass is 9.92. The number of carbonyl (C=O) groups is 1. The topological polar surface area (TPSA) is 79.8 Å². The van der Waals surface area contributed by atoms with Crippen molar-refractivity contribution in [2.75, 3.05) is 20.8 Å². The molecule has 0 saturated carbocycles. The van der Waals surface area contributed by atoms with Crippen LogP contribution in [0.3, 0.4) is 0 Å². The van der Waals surface area contributed by atoms with Crippen molar-refractivity contribution < 1.29 is 32.5 Å². The molecule has 0 radical (unpaired) electrons. The van der Waals surface area contributed by atoms with Crippen LogP contribution in [-0.4, -0.2) is 44.4 Å². The fourth-order valence-electron chi connectivity index (χ4n) is 2.60. The second kappa shape index (κ2) is 12.4. The van der Waals surface area contributed by atoms with Crippen LogP contribution in [0.4, 0.5) is 13.2 Å². The third-order valence-corrected chi connectivity index (χ3v) is 3.93. The molecule has 30 heavy (non-hydrogen) atoms. The molecule has 168 valence electrons. The number of methoxy groups -OCH3 is 1. The number of amides is 1. The van der Waals surface area contributed by atoms with E-state index >= 15 is 0 Å². The Morgan fingerprint density at radius 2 is 1.87 bits per heavy atom. The first-order valence-electron chi connectivity index (χ1n) is 9.41. The van der Waals surface area contributed by atoms with Gasteiger partial charge in [0.15, 0.2) is 0 Å². The molecule has 2 unspecified atom stereocenters. The summed E-state index contributed by atoms with van der Waals surface area (Å²) in [4.78, 5) is 11.6. The Balaban J connectivity index is 0.00000141. The fraction of sp³-hybridized carbons (Fsp3) is 0.476. The molecule has 9 heteroatoms. The third-order valence-electron chi connectivity index (χ3n) is 3.93. The molecular formula is C21H29F3N2O4.